The first-order valence-electron chi connectivity index (χ1n) is 4.58. The Hall–Kier alpha value is -2.35. The van der Waals surface area contributed by atoms with Gasteiger partial charge in [0.1, 0.15) is 6.42 Å². The molecule has 1 fully saturated rings. The summed E-state index contributed by atoms with van der Waals surface area (Å²) < 4.78 is 9.70. The van der Waals surface area contributed by atoms with Crippen molar-refractivity contribution in [2.24, 2.45) is 0 Å². The van der Waals surface area contributed by atoms with E-state index in [1.165, 1.54) is 0 Å². The molecule has 0 saturated carbocycles. The number of esters is 2. The van der Waals surface area contributed by atoms with Gasteiger partial charge in [0, 0.05) is 5.56 Å². The molecule has 0 spiro atoms. The second-order valence-electron chi connectivity index (χ2n) is 3.22. The molecule has 0 N–H and O–H groups in total. The third-order valence-corrected chi connectivity index (χ3v) is 2.08. The number of benzene rings is 1. The molecule has 0 aromatic heterocycles. The Balaban J connectivity index is 2.20. The van der Waals surface area contributed by atoms with Crippen LogP contribution in [0.2, 0.25) is 0 Å². The molecule has 0 radical (unpaired) electrons. The lowest BCUT2D eigenvalue weighted by Crippen LogP contribution is -2.26. The largest absolute Gasteiger partial charge is 0.420 e. The smallest absolute Gasteiger partial charge is 0.320 e. The van der Waals surface area contributed by atoms with Crippen molar-refractivity contribution in [2.75, 3.05) is 0 Å². The average Bonchev–Trinajstić information content (AvgIpc) is 2.28. The number of nitrogens with zero attached hydrogens (tertiary/aromatic N) is 1. The number of carbonyl (C=O) groups excluding carboxylic acids is 2. The van der Waals surface area contributed by atoms with Crippen LogP contribution >= 0.6 is 0 Å². The standard InChI is InChI=1S/C11H7NO4/c12-6-7-1-3-8(4-2-7)11-15-9(13)5-10(14)16-11/h1-4,11H,5H2. The molecule has 0 unspecified atom stereocenters. The van der Waals surface area contributed by atoms with E-state index in [2.05, 4.69) is 0 Å². The summed E-state index contributed by atoms with van der Waals surface area (Å²) in [7, 11) is 0. The number of nitriles is 1. The highest BCUT2D eigenvalue weighted by Gasteiger charge is 2.28. The van der Waals surface area contributed by atoms with Crippen LogP contribution in [0.1, 0.15) is 23.8 Å². The van der Waals surface area contributed by atoms with Gasteiger partial charge >= 0.3 is 11.9 Å². The summed E-state index contributed by atoms with van der Waals surface area (Å²) in [5, 5.41) is 8.60. The van der Waals surface area contributed by atoms with E-state index in [4.69, 9.17) is 14.7 Å². The average molecular weight is 217 g/mol. The third-order valence-electron chi connectivity index (χ3n) is 2.08. The van der Waals surface area contributed by atoms with Crippen molar-refractivity contribution in [2.45, 2.75) is 12.7 Å². The molecule has 80 valence electrons. The fraction of sp³-hybridized carbons (Fsp3) is 0.182. The summed E-state index contributed by atoms with van der Waals surface area (Å²) in [5.74, 6) is -1.21. The van der Waals surface area contributed by atoms with E-state index in [1.54, 1.807) is 24.3 Å². The summed E-state index contributed by atoms with van der Waals surface area (Å²) >= 11 is 0. The van der Waals surface area contributed by atoms with Crippen LogP contribution < -0.4 is 0 Å². The Labute approximate surface area is 91.2 Å². The molecule has 16 heavy (non-hydrogen) atoms. The second-order valence-corrected chi connectivity index (χ2v) is 3.22. The van der Waals surface area contributed by atoms with Crippen molar-refractivity contribution in [3.63, 3.8) is 0 Å². The predicted octanol–water partition coefficient (Wildman–Crippen LogP) is 1.05. The number of hydrogen-bond donors (Lipinski definition) is 0. The molecule has 0 atom stereocenters. The highest BCUT2D eigenvalue weighted by Crippen LogP contribution is 2.24. The van der Waals surface area contributed by atoms with Gasteiger partial charge in [-0.15, -0.1) is 0 Å². The second kappa shape index (κ2) is 4.03. The lowest BCUT2D eigenvalue weighted by Gasteiger charge is -2.22. The highest BCUT2D eigenvalue weighted by molar-refractivity contribution is 5.92. The van der Waals surface area contributed by atoms with Gasteiger partial charge in [-0.25, -0.2) is 0 Å². The molecule has 1 heterocycles. The lowest BCUT2D eigenvalue weighted by atomic mass is 10.1. The van der Waals surface area contributed by atoms with E-state index >= 15 is 0 Å². The molecule has 1 aromatic carbocycles. The monoisotopic (exact) mass is 217 g/mol. The van der Waals surface area contributed by atoms with E-state index in [9.17, 15) is 9.59 Å². The Morgan fingerprint density at radius 2 is 1.69 bits per heavy atom. The number of rotatable bonds is 1. The van der Waals surface area contributed by atoms with Gasteiger partial charge in [-0.05, 0) is 12.1 Å². The zero-order valence-electron chi connectivity index (χ0n) is 8.17. The molecule has 2 rings (SSSR count). The topological polar surface area (TPSA) is 76.4 Å². The molecule has 0 aliphatic carbocycles. The Bertz CT molecular complexity index is 456. The van der Waals surface area contributed by atoms with Gasteiger partial charge in [0.05, 0.1) is 11.6 Å². The van der Waals surface area contributed by atoms with Gasteiger partial charge in [0.25, 0.3) is 6.29 Å². The Kier molecular flexibility index (Phi) is 2.56. The van der Waals surface area contributed by atoms with Gasteiger partial charge in [-0.3, -0.25) is 9.59 Å². The van der Waals surface area contributed by atoms with Crippen molar-refractivity contribution in [3.05, 3.63) is 35.4 Å². The van der Waals surface area contributed by atoms with E-state index in [1.807, 2.05) is 6.07 Å². The maximum absolute atomic E-state index is 11.0. The summed E-state index contributed by atoms with van der Waals surface area (Å²) in [6, 6.07) is 8.24. The number of carbonyl (C=O) groups is 2. The summed E-state index contributed by atoms with van der Waals surface area (Å²) in [6.45, 7) is 0. The zero-order chi connectivity index (χ0) is 11.5. The molecular formula is C11H7NO4. The Morgan fingerprint density at radius 3 is 2.19 bits per heavy atom. The third kappa shape index (κ3) is 2.01. The predicted molar refractivity (Wildman–Crippen MR) is 50.7 cm³/mol. The molecular weight excluding hydrogens is 210 g/mol. The SMILES string of the molecule is N#Cc1ccc(C2OC(=O)CC(=O)O2)cc1. The first-order chi connectivity index (χ1) is 7.69. The van der Waals surface area contributed by atoms with E-state index in [0.717, 1.165) is 0 Å². The van der Waals surface area contributed by atoms with Crippen LogP contribution in [0.25, 0.3) is 0 Å². The molecule has 0 amide bonds. The molecule has 1 aromatic rings. The quantitative estimate of drug-likeness (QED) is 0.519. The first kappa shape index (κ1) is 10.2. The van der Waals surface area contributed by atoms with Crippen molar-refractivity contribution in [1.29, 1.82) is 5.26 Å². The maximum atomic E-state index is 11.0. The fourth-order valence-electron chi connectivity index (χ4n) is 1.31. The van der Waals surface area contributed by atoms with Gasteiger partial charge < -0.3 is 9.47 Å². The van der Waals surface area contributed by atoms with Gasteiger partial charge in [-0.2, -0.15) is 5.26 Å². The zero-order valence-corrected chi connectivity index (χ0v) is 8.17. The maximum Gasteiger partial charge on any atom is 0.320 e. The van der Waals surface area contributed by atoms with Crippen molar-refractivity contribution >= 4 is 11.9 Å². The molecule has 1 aliphatic rings. The van der Waals surface area contributed by atoms with Crippen LogP contribution in [0, 0.1) is 11.3 Å². The normalized spacial score (nSPS) is 16.2. The van der Waals surface area contributed by atoms with Crippen LogP contribution in [0.4, 0.5) is 0 Å². The van der Waals surface area contributed by atoms with Crippen LogP contribution in [-0.4, -0.2) is 11.9 Å². The van der Waals surface area contributed by atoms with E-state index in [0.29, 0.717) is 11.1 Å². The Morgan fingerprint density at radius 1 is 1.12 bits per heavy atom. The van der Waals surface area contributed by atoms with Crippen molar-refractivity contribution < 1.29 is 19.1 Å². The number of ether oxygens (including phenoxy) is 2. The summed E-state index contributed by atoms with van der Waals surface area (Å²) in [4.78, 5) is 22.0. The first-order valence-corrected chi connectivity index (χ1v) is 4.58. The summed E-state index contributed by atoms with van der Waals surface area (Å²) in [6.07, 6.45) is -1.35. The van der Waals surface area contributed by atoms with E-state index < -0.39 is 18.2 Å². The van der Waals surface area contributed by atoms with E-state index in [-0.39, 0.29) is 6.42 Å². The van der Waals surface area contributed by atoms with Gasteiger partial charge in [0.2, 0.25) is 0 Å². The molecule has 1 aliphatic heterocycles. The van der Waals surface area contributed by atoms with Crippen molar-refractivity contribution in [1.82, 2.24) is 0 Å². The molecule has 5 nitrogen and oxygen atoms in total. The van der Waals surface area contributed by atoms with Gasteiger partial charge in [-0.1, -0.05) is 12.1 Å². The minimum Gasteiger partial charge on any atom is -0.420 e. The van der Waals surface area contributed by atoms with Crippen LogP contribution in [0.5, 0.6) is 0 Å². The van der Waals surface area contributed by atoms with Crippen LogP contribution in [0.3, 0.4) is 0 Å². The number of cyclic esters (lactones) is 2. The lowest BCUT2D eigenvalue weighted by molar-refractivity contribution is -0.204. The van der Waals surface area contributed by atoms with Crippen LogP contribution in [-0.2, 0) is 19.1 Å². The minimum atomic E-state index is -0.999. The summed E-state index contributed by atoms with van der Waals surface area (Å²) in [5.41, 5.74) is 1.01. The molecule has 5 heteroatoms. The molecule has 1 saturated heterocycles. The fourth-order valence-corrected chi connectivity index (χ4v) is 1.31. The highest BCUT2D eigenvalue weighted by atomic mass is 16.7. The molecule has 0 bridgehead atoms. The van der Waals surface area contributed by atoms with Crippen molar-refractivity contribution in [3.8, 4) is 6.07 Å². The number of hydrogen-bond acceptors (Lipinski definition) is 5. The van der Waals surface area contributed by atoms with Crippen LogP contribution in [0.15, 0.2) is 24.3 Å². The minimum absolute atomic E-state index is 0.354. The van der Waals surface area contributed by atoms with Gasteiger partial charge in [0.15, 0.2) is 0 Å².